The zero-order valence-corrected chi connectivity index (χ0v) is 9.88. The second-order valence-corrected chi connectivity index (χ2v) is 4.68. The first kappa shape index (κ1) is 11.0. The van der Waals surface area contributed by atoms with Gasteiger partial charge in [0.2, 0.25) is 0 Å². The smallest absolute Gasteiger partial charge is 0.317 e. The fourth-order valence-corrected chi connectivity index (χ4v) is 1.89. The van der Waals surface area contributed by atoms with Crippen LogP contribution in [0.15, 0.2) is 28.8 Å². The van der Waals surface area contributed by atoms with Crippen molar-refractivity contribution in [1.82, 2.24) is 10.1 Å². The van der Waals surface area contributed by atoms with Crippen LogP contribution in [0.25, 0.3) is 11.5 Å². The molecule has 1 N–H and O–H groups in total. The van der Waals surface area contributed by atoms with E-state index in [1.165, 1.54) is 0 Å². The molecule has 0 aliphatic heterocycles. The summed E-state index contributed by atoms with van der Waals surface area (Å²) in [6, 6.07) is 7.66. The summed E-state index contributed by atoms with van der Waals surface area (Å²) in [5, 5.41) is 13.0. The molecular weight excluding hydrogens is 232 g/mol. The molecule has 0 saturated heterocycles. The molecule has 5 nitrogen and oxygen atoms in total. The van der Waals surface area contributed by atoms with E-state index in [0.29, 0.717) is 18.7 Å². The number of hydrogen-bond donors (Lipinski definition) is 1. The molecule has 1 aliphatic rings. The van der Waals surface area contributed by atoms with Crippen molar-refractivity contribution >= 4 is 5.97 Å². The Morgan fingerprint density at radius 2 is 2.00 bits per heavy atom. The average molecular weight is 244 g/mol. The van der Waals surface area contributed by atoms with Crippen molar-refractivity contribution in [2.75, 3.05) is 0 Å². The fraction of sp³-hybridized carbons (Fsp3) is 0.308. The van der Waals surface area contributed by atoms with Crippen LogP contribution in [0, 0.1) is 6.92 Å². The molecule has 92 valence electrons. The van der Waals surface area contributed by atoms with Gasteiger partial charge in [0.25, 0.3) is 5.89 Å². The van der Waals surface area contributed by atoms with Crippen molar-refractivity contribution in [3.63, 3.8) is 0 Å². The maximum atomic E-state index is 11.2. The van der Waals surface area contributed by atoms with Crippen LogP contribution in [0.1, 0.15) is 24.2 Å². The third-order valence-electron chi connectivity index (χ3n) is 3.31. The van der Waals surface area contributed by atoms with Gasteiger partial charge in [0.05, 0.1) is 0 Å². The Morgan fingerprint density at radius 1 is 1.33 bits per heavy atom. The molecule has 0 spiro atoms. The van der Waals surface area contributed by atoms with E-state index in [2.05, 4.69) is 10.1 Å². The van der Waals surface area contributed by atoms with Crippen molar-refractivity contribution in [3.8, 4) is 11.5 Å². The van der Waals surface area contributed by atoms with Crippen molar-refractivity contribution in [3.05, 3.63) is 35.7 Å². The van der Waals surface area contributed by atoms with E-state index < -0.39 is 11.4 Å². The molecule has 0 atom stereocenters. The third kappa shape index (κ3) is 1.59. The van der Waals surface area contributed by atoms with Gasteiger partial charge in [-0.2, -0.15) is 4.98 Å². The highest BCUT2D eigenvalue weighted by Crippen LogP contribution is 2.47. The molecule has 18 heavy (non-hydrogen) atoms. The van der Waals surface area contributed by atoms with E-state index in [0.717, 1.165) is 11.1 Å². The normalized spacial score (nSPS) is 16.5. The first-order valence-electron chi connectivity index (χ1n) is 5.76. The second-order valence-electron chi connectivity index (χ2n) is 4.68. The Hall–Kier alpha value is -2.17. The summed E-state index contributed by atoms with van der Waals surface area (Å²) in [4.78, 5) is 15.4. The summed E-state index contributed by atoms with van der Waals surface area (Å²) in [7, 11) is 0. The summed E-state index contributed by atoms with van der Waals surface area (Å²) >= 11 is 0. The lowest BCUT2D eigenvalue weighted by atomic mass is 10.1. The molecular formula is C13H12N2O3. The highest BCUT2D eigenvalue weighted by Gasteiger charge is 2.55. The van der Waals surface area contributed by atoms with E-state index >= 15 is 0 Å². The number of nitrogens with zero attached hydrogens (tertiary/aromatic N) is 2. The fourth-order valence-electron chi connectivity index (χ4n) is 1.89. The summed E-state index contributed by atoms with van der Waals surface area (Å²) < 4.78 is 5.14. The number of carboxylic acid groups (broad SMARTS) is 1. The molecule has 1 aromatic carbocycles. The number of aromatic nitrogens is 2. The lowest BCUT2D eigenvalue weighted by Gasteiger charge is -2.01. The monoisotopic (exact) mass is 244 g/mol. The van der Waals surface area contributed by atoms with Crippen molar-refractivity contribution in [1.29, 1.82) is 0 Å². The predicted octanol–water partition coefficient (Wildman–Crippen LogP) is 2.16. The molecule has 5 heteroatoms. The Bertz CT molecular complexity index is 597. The first-order chi connectivity index (χ1) is 8.62. The molecule has 1 aromatic heterocycles. The molecule has 0 unspecified atom stereocenters. The summed E-state index contributed by atoms with van der Waals surface area (Å²) in [5.74, 6) is -0.221. The molecule has 3 rings (SSSR count). The minimum absolute atomic E-state index is 0.283. The third-order valence-corrected chi connectivity index (χ3v) is 3.31. The van der Waals surface area contributed by atoms with Crippen LogP contribution in [-0.2, 0) is 10.2 Å². The number of benzene rings is 1. The molecule has 0 radical (unpaired) electrons. The Morgan fingerprint density at radius 3 is 2.56 bits per heavy atom. The topological polar surface area (TPSA) is 76.2 Å². The predicted molar refractivity (Wildman–Crippen MR) is 63.0 cm³/mol. The van der Waals surface area contributed by atoms with E-state index in [-0.39, 0.29) is 5.82 Å². The first-order valence-corrected chi connectivity index (χ1v) is 5.76. The van der Waals surface area contributed by atoms with Gasteiger partial charge in [0.15, 0.2) is 5.82 Å². The van der Waals surface area contributed by atoms with Gasteiger partial charge < -0.3 is 9.63 Å². The molecule has 1 aliphatic carbocycles. The van der Waals surface area contributed by atoms with Gasteiger partial charge in [0.1, 0.15) is 5.41 Å². The van der Waals surface area contributed by atoms with Crippen LogP contribution < -0.4 is 0 Å². The van der Waals surface area contributed by atoms with Crippen molar-refractivity contribution in [2.24, 2.45) is 0 Å². The van der Waals surface area contributed by atoms with Crippen LogP contribution in [0.4, 0.5) is 0 Å². The number of rotatable bonds is 3. The molecule has 1 fully saturated rings. The van der Waals surface area contributed by atoms with Gasteiger partial charge in [-0.3, -0.25) is 4.79 Å². The molecule has 1 saturated carbocycles. The van der Waals surface area contributed by atoms with Gasteiger partial charge in [-0.1, -0.05) is 22.9 Å². The quantitative estimate of drug-likeness (QED) is 0.895. The number of hydrogen-bond acceptors (Lipinski definition) is 4. The number of carbonyl (C=O) groups is 1. The zero-order chi connectivity index (χ0) is 12.8. The highest BCUT2D eigenvalue weighted by molar-refractivity contribution is 5.83. The lowest BCUT2D eigenvalue weighted by molar-refractivity contribution is -0.140. The van der Waals surface area contributed by atoms with Crippen LogP contribution >= 0.6 is 0 Å². The van der Waals surface area contributed by atoms with Gasteiger partial charge in [-0.15, -0.1) is 0 Å². The van der Waals surface area contributed by atoms with Crippen LogP contribution in [0.2, 0.25) is 0 Å². The zero-order valence-electron chi connectivity index (χ0n) is 9.88. The molecule has 2 aromatic rings. The van der Waals surface area contributed by atoms with Crippen LogP contribution in [-0.4, -0.2) is 21.2 Å². The molecule has 1 heterocycles. The minimum Gasteiger partial charge on any atom is -0.480 e. The number of aliphatic carboxylic acids is 1. The Kier molecular flexibility index (Phi) is 2.23. The van der Waals surface area contributed by atoms with Gasteiger partial charge >= 0.3 is 5.97 Å². The number of carboxylic acids is 1. The van der Waals surface area contributed by atoms with Gasteiger partial charge in [-0.25, -0.2) is 0 Å². The lowest BCUT2D eigenvalue weighted by Crippen LogP contribution is -2.20. The second kappa shape index (κ2) is 3.66. The van der Waals surface area contributed by atoms with Crippen LogP contribution in [0.3, 0.4) is 0 Å². The largest absolute Gasteiger partial charge is 0.480 e. The average Bonchev–Trinajstić information content (AvgIpc) is 3.03. The van der Waals surface area contributed by atoms with Gasteiger partial charge in [-0.05, 0) is 31.9 Å². The summed E-state index contributed by atoms with van der Waals surface area (Å²) in [6.07, 6.45) is 1.16. The highest BCUT2D eigenvalue weighted by atomic mass is 16.5. The standard InChI is InChI=1S/C13H12N2O3/c1-8-2-4-9(5-3-8)10-14-11(15-18-10)13(6-7-13)12(16)17/h2-5H,6-7H2,1H3,(H,16,17). The van der Waals surface area contributed by atoms with Crippen LogP contribution in [0.5, 0.6) is 0 Å². The number of aryl methyl sites for hydroxylation is 1. The minimum atomic E-state index is -0.910. The van der Waals surface area contributed by atoms with E-state index in [1.807, 2.05) is 31.2 Å². The molecule has 0 bridgehead atoms. The van der Waals surface area contributed by atoms with Gasteiger partial charge in [0, 0.05) is 5.56 Å². The molecule has 0 amide bonds. The maximum Gasteiger partial charge on any atom is 0.317 e. The maximum absolute atomic E-state index is 11.2. The van der Waals surface area contributed by atoms with E-state index in [9.17, 15) is 4.79 Å². The summed E-state index contributed by atoms with van der Waals surface area (Å²) in [5.41, 5.74) is 1.04. The van der Waals surface area contributed by atoms with Crippen molar-refractivity contribution < 1.29 is 14.4 Å². The van der Waals surface area contributed by atoms with E-state index in [1.54, 1.807) is 0 Å². The Labute approximate surface area is 103 Å². The Balaban J connectivity index is 1.95. The van der Waals surface area contributed by atoms with E-state index in [4.69, 9.17) is 9.63 Å². The van der Waals surface area contributed by atoms with Crippen molar-refractivity contribution in [2.45, 2.75) is 25.2 Å². The summed E-state index contributed by atoms with van der Waals surface area (Å²) in [6.45, 7) is 1.99. The SMILES string of the molecule is Cc1ccc(-c2nc(C3(C(=O)O)CC3)no2)cc1.